The zero-order valence-corrected chi connectivity index (χ0v) is 14.4. The van der Waals surface area contributed by atoms with E-state index in [1.807, 2.05) is 12.5 Å². The van der Waals surface area contributed by atoms with E-state index >= 15 is 0 Å². The third-order valence-electron chi connectivity index (χ3n) is 7.02. The van der Waals surface area contributed by atoms with Crippen LogP contribution in [-0.4, -0.2) is 54.9 Å². The van der Waals surface area contributed by atoms with Crippen molar-refractivity contribution in [3.63, 3.8) is 0 Å². The summed E-state index contributed by atoms with van der Waals surface area (Å²) in [4.78, 5) is 10.3. The molecule has 1 aliphatic carbocycles. The van der Waals surface area contributed by atoms with Gasteiger partial charge >= 0.3 is 0 Å². The second-order valence-corrected chi connectivity index (χ2v) is 8.23. The first kappa shape index (κ1) is 14.4. The summed E-state index contributed by atoms with van der Waals surface area (Å²) in [5.41, 5.74) is 3.93. The number of rotatable bonds is 3. The minimum absolute atomic E-state index is 0.324. The Morgan fingerprint density at radius 1 is 1.28 bits per heavy atom. The molecule has 6 nitrogen and oxygen atoms in total. The number of hydrogen-bond acceptors (Lipinski definition) is 3. The molecule has 0 amide bonds. The first-order valence-corrected chi connectivity index (χ1v) is 9.74. The maximum atomic E-state index is 9.57. The van der Waals surface area contributed by atoms with Crippen LogP contribution in [-0.2, 0) is 0 Å². The molecule has 25 heavy (non-hydrogen) atoms. The van der Waals surface area contributed by atoms with Crippen molar-refractivity contribution < 1.29 is 5.11 Å². The summed E-state index contributed by atoms with van der Waals surface area (Å²) in [6.07, 6.45) is 10.3. The molecule has 1 unspecified atom stereocenters. The second kappa shape index (κ2) is 5.11. The number of aromatic amines is 1. The van der Waals surface area contributed by atoms with Gasteiger partial charge in [-0.25, -0.2) is 9.50 Å². The summed E-state index contributed by atoms with van der Waals surface area (Å²) < 4.78 is 4.75. The SMILES string of the molecule is OC[C@@H]1CCCN1C[C@@H]1CC[C@H]2c3c4c5cc[nH]c5ncn4n3C2C1. The Balaban J connectivity index is 1.26. The summed E-state index contributed by atoms with van der Waals surface area (Å²) in [6.45, 7) is 2.67. The maximum Gasteiger partial charge on any atom is 0.141 e. The zero-order chi connectivity index (χ0) is 16.5. The van der Waals surface area contributed by atoms with Gasteiger partial charge in [0.05, 0.1) is 23.9 Å². The van der Waals surface area contributed by atoms with Crippen LogP contribution in [0.15, 0.2) is 18.6 Å². The Labute approximate surface area is 146 Å². The minimum atomic E-state index is 0.324. The van der Waals surface area contributed by atoms with Crippen molar-refractivity contribution in [3.05, 3.63) is 24.3 Å². The molecule has 0 spiro atoms. The number of aliphatic hydroxyl groups is 1. The quantitative estimate of drug-likeness (QED) is 0.771. The lowest BCUT2D eigenvalue weighted by Gasteiger charge is -2.51. The van der Waals surface area contributed by atoms with Crippen molar-refractivity contribution in [1.29, 1.82) is 0 Å². The lowest BCUT2D eigenvalue weighted by atomic mass is 9.71. The summed E-state index contributed by atoms with van der Waals surface area (Å²) in [6, 6.07) is 3.21. The average Bonchev–Trinajstić information content (AvgIpc) is 3.24. The molecule has 4 atom stereocenters. The summed E-state index contributed by atoms with van der Waals surface area (Å²) >= 11 is 0. The number of H-pyrrole nitrogens is 1. The number of fused-ring (bicyclic) bond motifs is 9. The molecule has 1 saturated heterocycles. The predicted molar refractivity (Wildman–Crippen MR) is 95.8 cm³/mol. The smallest absolute Gasteiger partial charge is 0.141 e. The van der Waals surface area contributed by atoms with E-state index in [9.17, 15) is 5.11 Å². The van der Waals surface area contributed by atoms with Crippen LogP contribution in [0.4, 0.5) is 0 Å². The Morgan fingerprint density at radius 3 is 3.16 bits per heavy atom. The Bertz CT molecular complexity index is 936. The molecule has 0 bridgehead atoms. The number of nitrogens with one attached hydrogen (secondary N) is 1. The molecule has 5 heterocycles. The molecular weight excluding hydrogens is 314 g/mol. The number of aromatic nitrogens is 4. The van der Waals surface area contributed by atoms with E-state index in [1.54, 1.807) is 5.69 Å². The lowest BCUT2D eigenvalue weighted by Crippen LogP contribution is -2.47. The van der Waals surface area contributed by atoms with Gasteiger partial charge in [0.2, 0.25) is 0 Å². The number of nitrogens with zero attached hydrogens (tertiary/aromatic N) is 4. The Morgan fingerprint density at radius 2 is 2.24 bits per heavy atom. The first-order chi connectivity index (χ1) is 12.3. The molecular formula is C19H25N5O. The van der Waals surface area contributed by atoms with Gasteiger partial charge in [0.1, 0.15) is 12.0 Å². The van der Waals surface area contributed by atoms with Crippen molar-refractivity contribution in [2.75, 3.05) is 19.7 Å². The molecule has 0 radical (unpaired) electrons. The van der Waals surface area contributed by atoms with Crippen LogP contribution in [0.5, 0.6) is 0 Å². The van der Waals surface area contributed by atoms with Crippen molar-refractivity contribution in [2.45, 2.75) is 50.1 Å². The summed E-state index contributed by atoms with van der Waals surface area (Å²) in [5.74, 6) is 1.51. The van der Waals surface area contributed by atoms with Crippen LogP contribution in [0, 0.1) is 5.92 Å². The highest BCUT2D eigenvalue weighted by molar-refractivity contribution is 5.94. The third-order valence-corrected chi connectivity index (χ3v) is 7.02. The molecule has 3 aromatic rings. The largest absolute Gasteiger partial charge is 0.395 e. The van der Waals surface area contributed by atoms with Gasteiger partial charge in [-0.05, 0) is 50.6 Å². The van der Waals surface area contributed by atoms with Crippen LogP contribution in [0.1, 0.15) is 49.8 Å². The molecule has 3 aromatic heterocycles. The van der Waals surface area contributed by atoms with Gasteiger partial charge in [0, 0.05) is 30.1 Å². The second-order valence-electron chi connectivity index (χ2n) is 8.23. The fraction of sp³-hybridized carbons (Fsp3) is 0.632. The van der Waals surface area contributed by atoms with Crippen LogP contribution in [0.3, 0.4) is 0 Å². The van der Waals surface area contributed by atoms with Gasteiger partial charge in [-0.15, -0.1) is 0 Å². The van der Waals surface area contributed by atoms with Crippen molar-refractivity contribution >= 4 is 16.6 Å². The molecule has 2 N–H and O–H groups in total. The van der Waals surface area contributed by atoms with E-state index in [0.717, 1.165) is 17.5 Å². The highest BCUT2D eigenvalue weighted by Gasteiger charge is 2.47. The van der Waals surface area contributed by atoms with Gasteiger partial charge < -0.3 is 10.1 Å². The number of hydrogen-bond donors (Lipinski definition) is 2. The standard InChI is InChI=1S/C19H25N5O/c25-10-13-2-1-7-22(13)9-12-3-4-14-16(8-12)24-18(14)17-15-5-6-20-19(15)21-11-23(17)24/h5-6,11-14,16,20,25H,1-4,7-10H2/t12-,13+,14-,16?/m1/s1. The van der Waals surface area contributed by atoms with Crippen LogP contribution in [0.25, 0.3) is 16.6 Å². The molecule has 0 aromatic carbocycles. The topological polar surface area (TPSA) is 61.5 Å². The molecule has 2 aliphatic heterocycles. The van der Waals surface area contributed by atoms with Gasteiger partial charge in [-0.1, -0.05) is 0 Å². The lowest BCUT2D eigenvalue weighted by molar-refractivity contribution is 0.0884. The Kier molecular flexibility index (Phi) is 2.94. The first-order valence-electron chi connectivity index (χ1n) is 9.74. The Hall–Kier alpha value is -1.79. The maximum absolute atomic E-state index is 9.57. The van der Waals surface area contributed by atoms with Gasteiger partial charge in [0.15, 0.2) is 0 Å². The van der Waals surface area contributed by atoms with E-state index in [1.165, 1.54) is 56.1 Å². The van der Waals surface area contributed by atoms with E-state index in [4.69, 9.17) is 0 Å². The van der Waals surface area contributed by atoms with E-state index < -0.39 is 0 Å². The van der Waals surface area contributed by atoms with Gasteiger partial charge in [-0.2, -0.15) is 0 Å². The van der Waals surface area contributed by atoms with E-state index in [-0.39, 0.29) is 0 Å². The van der Waals surface area contributed by atoms with Crippen molar-refractivity contribution in [1.82, 2.24) is 24.1 Å². The van der Waals surface area contributed by atoms with Crippen molar-refractivity contribution in [3.8, 4) is 0 Å². The molecule has 1 saturated carbocycles. The van der Waals surface area contributed by atoms with Crippen LogP contribution >= 0.6 is 0 Å². The highest BCUT2D eigenvalue weighted by atomic mass is 16.3. The van der Waals surface area contributed by atoms with E-state index in [0.29, 0.717) is 18.7 Å². The number of likely N-dealkylation sites (tertiary alicyclic amines) is 1. The summed E-state index contributed by atoms with van der Waals surface area (Å²) in [7, 11) is 0. The molecule has 2 fully saturated rings. The van der Waals surface area contributed by atoms with Crippen LogP contribution in [0.2, 0.25) is 0 Å². The monoisotopic (exact) mass is 339 g/mol. The molecule has 6 heteroatoms. The molecule has 3 aliphatic rings. The molecule has 132 valence electrons. The van der Waals surface area contributed by atoms with Crippen LogP contribution < -0.4 is 0 Å². The highest BCUT2D eigenvalue weighted by Crippen LogP contribution is 2.55. The predicted octanol–water partition coefficient (Wildman–Crippen LogP) is 2.51. The van der Waals surface area contributed by atoms with E-state index in [2.05, 4.69) is 30.1 Å². The minimum Gasteiger partial charge on any atom is -0.395 e. The fourth-order valence-electron chi connectivity index (χ4n) is 5.81. The third kappa shape index (κ3) is 1.84. The van der Waals surface area contributed by atoms with Gasteiger partial charge in [-0.3, -0.25) is 9.58 Å². The molecule has 6 rings (SSSR count). The average molecular weight is 339 g/mol. The fourth-order valence-corrected chi connectivity index (χ4v) is 5.81. The van der Waals surface area contributed by atoms with Gasteiger partial charge in [0.25, 0.3) is 0 Å². The normalized spacial score (nSPS) is 32.2. The zero-order valence-electron chi connectivity index (χ0n) is 14.4. The summed E-state index contributed by atoms with van der Waals surface area (Å²) in [5, 5.41) is 10.8. The number of aliphatic hydroxyl groups excluding tert-OH is 1. The van der Waals surface area contributed by atoms with Crippen molar-refractivity contribution in [2.24, 2.45) is 5.92 Å².